The van der Waals surface area contributed by atoms with Crippen LogP contribution >= 0.6 is 11.8 Å². The molecule has 1 heterocycles. The first-order chi connectivity index (χ1) is 9.42. The largest absolute Gasteiger partial charge is 0.493 e. The van der Waals surface area contributed by atoms with Crippen LogP contribution in [0.4, 0.5) is 0 Å². The third kappa shape index (κ3) is 4.73. The highest BCUT2D eigenvalue weighted by Crippen LogP contribution is 2.32. The van der Waals surface area contributed by atoms with Crippen LogP contribution in [0.15, 0.2) is 24.3 Å². The Morgan fingerprint density at radius 1 is 1.21 bits per heavy atom. The highest BCUT2D eigenvalue weighted by molar-refractivity contribution is 7.98. The molecule has 1 aromatic carbocycles. The zero-order valence-electron chi connectivity index (χ0n) is 11.9. The Balaban J connectivity index is 1.55. The van der Waals surface area contributed by atoms with Gasteiger partial charge in [0.1, 0.15) is 5.75 Å². The van der Waals surface area contributed by atoms with Gasteiger partial charge >= 0.3 is 0 Å². The fraction of sp³-hybridized carbons (Fsp3) is 0.625. The van der Waals surface area contributed by atoms with E-state index in [1.807, 2.05) is 17.8 Å². The number of benzene rings is 1. The van der Waals surface area contributed by atoms with Gasteiger partial charge in [-0.25, -0.2) is 0 Å². The lowest BCUT2D eigenvalue weighted by molar-refractivity contribution is 0.326. The summed E-state index contributed by atoms with van der Waals surface area (Å²) in [5.74, 6) is 2.92. The summed E-state index contributed by atoms with van der Waals surface area (Å²) < 4.78 is 5.69. The van der Waals surface area contributed by atoms with Crippen molar-refractivity contribution in [2.75, 3.05) is 31.7 Å². The van der Waals surface area contributed by atoms with E-state index >= 15 is 0 Å². The summed E-state index contributed by atoms with van der Waals surface area (Å²) in [5, 5.41) is 3.57. The van der Waals surface area contributed by atoms with Crippen LogP contribution in [0.25, 0.3) is 0 Å². The van der Waals surface area contributed by atoms with Gasteiger partial charge in [-0.15, -0.1) is 0 Å². The lowest BCUT2D eigenvalue weighted by Crippen LogP contribution is -2.23. The molecule has 3 heteroatoms. The molecular weight excluding hydrogens is 254 g/mol. The summed E-state index contributed by atoms with van der Waals surface area (Å²) in [6.45, 7) is 3.01. The molecule has 1 aliphatic heterocycles. The molecule has 0 saturated heterocycles. The number of para-hydroxylation sites is 1. The molecule has 1 atom stereocenters. The van der Waals surface area contributed by atoms with Gasteiger partial charge in [0.2, 0.25) is 0 Å². The Kier molecular flexibility index (Phi) is 6.58. The molecule has 1 aromatic rings. The third-order valence-corrected chi connectivity index (χ3v) is 4.34. The van der Waals surface area contributed by atoms with Gasteiger partial charge in [0.25, 0.3) is 0 Å². The third-order valence-electron chi connectivity index (χ3n) is 3.64. The minimum absolute atomic E-state index is 0.535. The summed E-state index contributed by atoms with van der Waals surface area (Å²) in [7, 11) is 0. The smallest absolute Gasteiger partial charge is 0.122 e. The van der Waals surface area contributed by atoms with Gasteiger partial charge < -0.3 is 10.1 Å². The summed E-state index contributed by atoms with van der Waals surface area (Å²) in [6, 6.07) is 8.41. The van der Waals surface area contributed by atoms with Crippen molar-refractivity contribution in [3.05, 3.63) is 29.8 Å². The minimum Gasteiger partial charge on any atom is -0.493 e. The van der Waals surface area contributed by atoms with Crippen molar-refractivity contribution < 1.29 is 4.74 Å². The quantitative estimate of drug-likeness (QED) is 0.697. The fourth-order valence-electron chi connectivity index (χ4n) is 2.52. The SMILES string of the molecule is CSCCCCCCNCC1COc2ccccc21. The summed E-state index contributed by atoms with van der Waals surface area (Å²) in [4.78, 5) is 0. The molecule has 2 nitrogen and oxygen atoms in total. The van der Waals surface area contributed by atoms with Crippen molar-refractivity contribution in [3.63, 3.8) is 0 Å². The van der Waals surface area contributed by atoms with Crippen LogP contribution in [-0.2, 0) is 0 Å². The molecule has 1 unspecified atom stereocenters. The highest BCUT2D eigenvalue weighted by Gasteiger charge is 2.22. The number of nitrogens with one attached hydrogen (secondary N) is 1. The van der Waals surface area contributed by atoms with Crippen molar-refractivity contribution in [2.24, 2.45) is 0 Å². The van der Waals surface area contributed by atoms with Crippen LogP contribution < -0.4 is 10.1 Å². The maximum Gasteiger partial charge on any atom is 0.122 e. The normalized spacial score (nSPS) is 17.2. The number of fused-ring (bicyclic) bond motifs is 1. The molecule has 0 radical (unpaired) electrons. The van der Waals surface area contributed by atoms with Gasteiger partial charge in [-0.05, 0) is 37.5 Å². The second kappa shape index (κ2) is 8.49. The summed E-state index contributed by atoms with van der Waals surface area (Å²) in [6.07, 6.45) is 7.57. The van der Waals surface area contributed by atoms with Crippen LogP contribution in [0.1, 0.15) is 37.2 Å². The Hall–Kier alpha value is -0.670. The average molecular weight is 279 g/mol. The topological polar surface area (TPSA) is 21.3 Å². The molecule has 19 heavy (non-hydrogen) atoms. The van der Waals surface area contributed by atoms with Crippen LogP contribution in [0, 0.1) is 0 Å². The molecule has 2 rings (SSSR count). The Morgan fingerprint density at radius 3 is 2.95 bits per heavy atom. The molecule has 0 amide bonds. The molecular formula is C16H25NOS. The van der Waals surface area contributed by atoms with Crippen molar-refractivity contribution in [3.8, 4) is 5.75 Å². The monoisotopic (exact) mass is 279 g/mol. The average Bonchev–Trinajstić information content (AvgIpc) is 2.85. The highest BCUT2D eigenvalue weighted by atomic mass is 32.2. The number of hydrogen-bond acceptors (Lipinski definition) is 3. The second-order valence-corrected chi connectivity index (χ2v) is 6.14. The molecule has 106 valence electrons. The maximum atomic E-state index is 5.69. The zero-order chi connectivity index (χ0) is 13.3. The molecule has 0 aromatic heterocycles. The Bertz CT molecular complexity index is 370. The van der Waals surface area contributed by atoms with E-state index in [2.05, 4.69) is 29.8 Å². The first-order valence-corrected chi connectivity index (χ1v) is 8.72. The van der Waals surface area contributed by atoms with E-state index in [9.17, 15) is 0 Å². The molecule has 0 aliphatic carbocycles. The summed E-state index contributed by atoms with van der Waals surface area (Å²) in [5.41, 5.74) is 1.37. The van der Waals surface area contributed by atoms with E-state index in [1.54, 1.807) is 0 Å². The predicted molar refractivity (Wildman–Crippen MR) is 84.4 cm³/mol. The van der Waals surface area contributed by atoms with Gasteiger partial charge in [0.15, 0.2) is 0 Å². The van der Waals surface area contributed by atoms with Gasteiger partial charge in [0, 0.05) is 18.0 Å². The van der Waals surface area contributed by atoms with Crippen LogP contribution in [0.5, 0.6) is 5.75 Å². The molecule has 0 fully saturated rings. The number of rotatable bonds is 9. The van der Waals surface area contributed by atoms with E-state index < -0.39 is 0 Å². The van der Waals surface area contributed by atoms with E-state index in [0.717, 1.165) is 25.4 Å². The van der Waals surface area contributed by atoms with Crippen molar-refractivity contribution >= 4 is 11.8 Å². The maximum absolute atomic E-state index is 5.69. The number of thioether (sulfide) groups is 1. The van der Waals surface area contributed by atoms with E-state index in [0.29, 0.717) is 5.92 Å². The van der Waals surface area contributed by atoms with Crippen molar-refractivity contribution in [1.29, 1.82) is 0 Å². The molecule has 0 bridgehead atoms. The van der Waals surface area contributed by atoms with Crippen LogP contribution in [0.2, 0.25) is 0 Å². The molecule has 1 aliphatic rings. The number of unbranched alkanes of at least 4 members (excludes halogenated alkanes) is 3. The second-order valence-electron chi connectivity index (χ2n) is 5.16. The van der Waals surface area contributed by atoms with Gasteiger partial charge in [-0.1, -0.05) is 31.0 Å². The number of hydrogen-bond donors (Lipinski definition) is 1. The molecule has 0 saturated carbocycles. The van der Waals surface area contributed by atoms with Crippen molar-refractivity contribution in [1.82, 2.24) is 5.32 Å². The predicted octanol–water partition coefficient (Wildman–Crippen LogP) is 3.68. The first kappa shape index (κ1) is 14.7. The lowest BCUT2D eigenvalue weighted by Gasteiger charge is -2.10. The Labute approximate surface area is 121 Å². The van der Waals surface area contributed by atoms with E-state index in [-0.39, 0.29) is 0 Å². The summed E-state index contributed by atoms with van der Waals surface area (Å²) >= 11 is 1.95. The van der Waals surface area contributed by atoms with E-state index in [1.165, 1.54) is 37.0 Å². The zero-order valence-corrected chi connectivity index (χ0v) is 12.7. The van der Waals surface area contributed by atoms with Gasteiger partial charge in [0.05, 0.1) is 6.61 Å². The Morgan fingerprint density at radius 2 is 2.05 bits per heavy atom. The van der Waals surface area contributed by atoms with Crippen molar-refractivity contribution in [2.45, 2.75) is 31.6 Å². The first-order valence-electron chi connectivity index (χ1n) is 7.33. The van der Waals surface area contributed by atoms with Gasteiger partial charge in [-0.2, -0.15) is 11.8 Å². The lowest BCUT2D eigenvalue weighted by atomic mass is 10.0. The fourth-order valence-corrected chi connectivity index (χ4v) is 3.02. The van der Waals surface area contributed by atoms with Crippen LogP contribution in [-0.4, -0.2) is 31.7 Å². The number of ether oxygens (including phenoxy) is 1. The minimum atomic E-state index is 0.535. The molecule has 1 N–H and O–H groups in total. The standard InChI is InChI=1S/C16H25NOS/c1-19-11-7-3-2-6-10-17-12-14-13-18-16-9-5-4-8-15(14)16/h4-5,8-9,14,17H,2-3,6-7,10-13H2,1H3. The van der Waals surface area contributed by atoms with Gasteiger partial charge in [-0.3, -0.25) is 0 Å². The molecule has 0 spiro atoms. The van der Waals surface area contributed by atoms with Crippen LogP contribution in [0.3, 0.4) is 0 Å². The van der Waals surface area contributed by atoms with E-state index in [4.69, 9.17) is 4.74 Å².